The van der Waals surface area contributed by atoms with Crippen LogP contribution in [0.1, 0.15) is 18.9 Å². The normalized spacial score (nSPS) is 10.1. The topological polar surface area (TPSA) is 12.0 Å². The number of anilines is 2. The summed E-state index contributed by atoms with van der Waals surface area (Å²) in [6, 6.07) is 18.8. The first-order valence-corrected chi connectivity index (χ1v) is 5.80. The first-order valence-electron chi connectivity index (χ1n) is 5.80. The van der Waals surface area contributed by atoms with Crippen LogP contribution in [-0.4, -0.2) is 0 Å². The molecule has 0 bridgehead atoms. The summed E-state index contributed by atoms with van der Waals surface area (Å²) in [6.45, 7) is 2.21. The monoisotopic (exact) mass is 211 g/mol. The van der Waals surface area contributed by atoms with E-state index >= 15 is 0 Å². The van der Waals surface area contributed by atoms with E-state index in [1.807, 2.05) is 18.2 Å². The van der Waals surface area contributed by atoms with Crippen LogP contribution >= 0.6 is 0 Å². The van der Waals surface area contributed by atoms with E-state index < -0.39 is 0 Å². The number of para-hydroxylation sites is 2. The molecule has 0 heterocycles. The van der Waals surface area contributed by atoms with Gasteiger partial charge in [-0.25, -0.2) is 0 Å². The number of benzene rings is 2. The average Bonchev–Trinajstić information content (AvgIpc) is 2.33. The smallest absolute Gasteiger partial charge is 0.0416 e. The SMILES string of the molecule is CCCc1ccccc1Nc1ccccc1. The molecule has 82 valence electrons. The lowest BCUT2D eigenvalue weighted by Gasteiger charge is -2.11. The zero-order chi connectivity index (χ0) is 11.2. The zero-order valence-electron chi connectivity index (χ0n) is 9.61. The highest BCUT2D eigenvalue weighted by atomic mass is 14.9. The third-order valence-electron chi connectivity index (χ3n) is 2.59. The van der Waals surface area contributed by atoms with E-state index in [9.17, 15) is 0 Å². The number of aryl methyl sites for hydroxylation is 1. The largest absolute Gasteiger partial charge is 0.355 e. The Hall–Kier alpha value is -1.76. The summed E-state index contributed by atoms with van der Waals surface area (Å²) in [6.07, 6.45) is 2.30. The van der Waals surface area contributed by atoms with Crippen molar-refractivity contribution < 1.29 is 0 Å². The second kappa shape index (κ2) is 5.36. The highest BCUT2D eigenvalue weighted by Crippen LogP contribution is 2.21. The van der Waals surface area contributed by atoms with Crippen LogP contribution in [0.5, 0.6) is 0 Å². The van der Waals surface area contributed by atoms with Gasteiger partial charge in [0.25, 0.3) is 0 Å². The number of hydrogen-bond donors (Lipinski definition) is 1. The number of hydrogen-bond acceptors (Lipinski definition) is 1. The molecule has 0 aliphatic heterocycles. The first kappa shape index (κ1) is 10.7. The Balaban J connectivity index is 2.21. The maximum atomic E-state index is 3.46. The van der Waals surface area contributed by atoms with E-state index in [1.54, 1.807) is 0 Å². The minimum atomic E-state index is 1.12. The molecule has 1 N–H and O–H groups in total. The molecule has 0 aliphatic rings. The fourth-order valence-corrected chi connectivity index (χ4v) is 1.81. The van der Waals surface area contributed by atoms with Crippen molar-refractivity contribution in [2.24, 2.45) is 0 Å². The van der Waals surface area contributed by atoms with Crippen LogP contribution in [0.25, 0.3) is 0 Å². The van der Waals surface area contributed by atoms with Gasteiger partial charge in [-0.05, 0) is 30.2 Å². The Bertz CT molecular complexity index is 434. The molecule has 0 atom stereocenters. The molecule has 0 fully saturated rings. The van der Waals surface area contributed by atoms with Gasteiger partial charge in [0, 0.05) is 11.4 Å². The molecule has 2 aromatic rings. The second-order valence-electron chi connectivity index (χ2n) is 3.90. The van der Waals surface area contributed by atoms with Crippen LogP contribution in [0.3, 0.4) is 0 Å². The van der Waals surface area contributed by atoms with E-state index in [1.165, 1.54) is 17.7 Å². The Kier molecular flexibility index (Phi) is 3.60. The first-order chi connectivity index (χ1) is 7.90. The molecule has 1 heteroatoms. The van der Waals surface area contributed by atoms with Crippen molar-refractivity contribution in [2.75, 3.05) is 5.32 Å². The highest BCUT2D eigenvalue weighted by Gasteiger charge is 2.00. The number of nitrogens with one attached hydrogen (secondary N) is 1. The Labute approximate surface area is 97.1 Å². The van der Waals surface area contributed by atoms with E-state index in [-0.39, 0.29) is 0 Å². The zero-order valence-corrected chi connectivity index (χ0v) is 9.61. The molecule has 16 heavy (non-hydrogen) atoms. The third-order valence-corrected chi connectivity index (χ3v) is 2.59. The molecule has 0 amide bonds. The molecule has 0 radical (unpaired) electrons. The fourth-order valence-electron chi connectivity index (χ4n) is 1.81. The van der Waals surface area contributed by atoms with Gasteiger partial charge in [-0.1, -0.05) is 49.7 Å². The van der Waals surface area contributed by atoms with E-state index in [0.717, 1.165) is 12.1 Å². The van der Waals surface area contributed by atoms with Crippen LogP contribution in [0.2, 0.25) is 0 Å². The summed E-state index contributed by atoms with van der Waals surface area (Å²) < 4.78 is 0. The summed E-state index contributed by atoms with van der Waals surface area (Å²) >= 11 is 0. The molecule has 0 spiro atoms. The molecule has 2 rings (SSSR count). The van der Waals surface area contributed by atoms with Gasteiger partial charge >= 0.3 is 0 Å². The minimum absolute atomic E-state index is 1.12. The van der Waals surface area contributed by atoms with Crippen molar-refractivity contribution in [3.05, 3.63) is 60.2 Å². The van der Waals surface area contributed by atoms with Gasteiger partial charge < -0.3 is 5.32 Å². The van der Waals surface area contributed by atoms with Gasteiger partial charge in [0.1, 0.15) is 0 Å². The van der Waals surface area contributed by atoms with E-state index in [0.29, 0.717) is 0 Å². The van der Waals surface area contributed by atoms with Crippen molar-refractivity contribution >= 4 is 11.4 Å². The molecule has 1 nitrogen and oxygen atoms in total. The molecule has 0 aromatic heterocycles. The van der Waals surface area contributed by atoms with Gasteiger partial charge in [0.2, 0.25) is 0 Å². The lowest BCUT2D eigenvalue weighted by molar-refractivity contribution is 0.923. The van der Waals surface area contributed by atoms with E-state index in [4.69, 9.17) is 0 Å². The van der Waals surface area contributed by atoms with Crippen LogP contribution < -0.4 is 5.32 Å². The third kappa shape index (κ3) is 2.63. The molecule has 0 saturated carbocycles. The highest BCUT2D eigenvalue weighted by molar-refractivity contribution is 5.62. The maximum Gasteiger partial charge on any atom is 0.0416 e. The van der Waals surface area contributed by atoms with Crippen LogP contribution in [0, 0.1) is 0 Å². The molecule has 0 aliphatic carbocycles. The molecular weight excluding hydrogens is 194 g/mol. The van der Waals surface area contributed by atoms with Crippen molar-refractivity contribution in [2.45, 2.75) is 19.8 Å². The molecular formula is C15H17N. The fraction of sp³-hybridized carbons (Fsp3) is 0.200. The van der Waals surface area contributed by atoms with Crippen LogP contribution in [0.15, 0.2) is 54.6 Å². The lowest BCUT2D eigenvalue weighted by Crippen LogP contribution is -1.95. The Morgan fingerprint density at radius 1 is 0.875 bits per heavy atom. The van der Waals surface area contributed by atoms with Crippen molar-refractivity contribution in [1.29, 1.82) is 0 Å². The van der Waals surface area contributed by atoms with Crippen LogP contribution in [0.4, 0.5) is 11.4 Å². The predicted molar refractivity (Wildman–Crippen MR) is 70.2 cm³/mol. The van der Waals surface area contributed by atoms with Crippen LogP contribution in [-0.2, 0) is 6.42 Å². The van der Waals surface area contributed by atoms with Gasteiger partial charge in [-0.2, -0.15) is 0 Å². The van der Waals surface area contributed by atoms with Gasteiger partial charge in [0.05, 0.1) is 0 Å². The standard InChI is InChI=1S/C15H17N/c1-2-8-13-9-6-7-12-15(13)16-14-10-4-3-5-11-14/h3-7,9-12,16H,2,8H2,1H3. The van der Waals surface area contributed by atoms with Crippen molar-refractivity contribution in [3.8, 4) is 0 Å². The molecule has 0 saturated heterocycles. The van der Waals surface area contributed by atoms with Gasteiger partial charge in [-0.15, -0.1) is 0 Å². The predicted octanol–water partition coefficient (Wildman–Crippen LogP) is 4.38. The van der Waals surface area contributed by atoms with Gasteiger partial charge in [0.15, 0.2) is 0 Å². The maximum absolute atomic E-state index is 3.46. The van der Waals surface area contributed by atoms with Crippen molar-refractivity contribution in [1.82, 2.24) is 0 Å². The Morgan fingerprint density at radius 2 is 1.56 bits per heavy atom. The molecule has 2 aromatic carbocycles. The van der Waals surface area contributed by atoms with Crippen molar-refractivity contribution in [3.63, 3.8) is 0 Å². The average molecular weight is 211 g/mol. The number of rotatable bonds is 4. The lowest BCUT2D eigenvalue weighted by atomic mass is 10.1. The van der Waals surface area contributed by atoms with E-state index in [2.05, 4.69) is 48.6 Å². The minimum Gasteiger partial charge on any atom is -0.355 e. The quantitative estimate of drug-likeness (QED) is 0.791. The second-order valence-corrected chi connectivity index (χ2v) is 3.90. The van der Waals surface area contributed by atoms with Gasteiger partial charge in [-0.3, -0.25) is 0 Å². The summed E-state index contributed by atoms with van der Waals surface area (Å²) in [5.41, 5.74) is 3.75. The summed E-state index contributed by atoms with van der Waals surface area (Å²) in [5, 5.41) is 3.46. The molecule has 0 unspecified atom stereocenters. The summed E-state index contributed by atoms with van der Waals surface area (Å²) in [5.74, 6) is 0. The summed E-state index contributed by atoms with van der Waals surface area (Å²) in [7, 11) is 0. The summed E-state index contributed by atoms with van der Waals surface area (Å²) in [4.78, 5) is 0. The Morgan fingerprint density at radius 3 is 2.31 bits per heavy atom.